The van der Waals surface area contributed by atoms with Gasteiger partial charge in [-0.1, -0.05) is 74.2 Å². The van der Waals surface area contributed by atoms with E-state index in [1.165, 1.54) is 30.4 Å². The smallest absolute Gasteiger partial charge is 0.0919 e. The molecule has 0 saturated heterocycles. The third-order valence-corrected chi connectivity index (χ3v) is 5.84. The molecule has 1 aromatic heterocycles. The summed E-state index contributed by atoms with van der Waals surface area (Å²) >= 11 is 8.40. The number of benzene rings is 2. The van der Waals surface area contributed by atoms with Crippen molar-refractivity contribution in [1.82, 2.24) is 4.73 Å². The minimum Gasteiger partial charge on any atom is -0.428 e. The van der Waals surface area contributed by atoms with Crippen LogP contribution in [0.25, 0.3) is 22.2 Å². The highest BCUT2D eigenvalue weighted by Crippen LogP contribution is 2.38. The number of thioether (sulfide) groups is 1. The van der Waals surface area contributed by atoms with Gasteiger partial charge < -0.3 is 5.21 Å². The standard InChI is InChI=1S/C21H24ClNOS/c1-2-3-4-8-14-25-15-17-20-18(22)12-9-13-19(20)23(24)21(17)16-10-6-5-7-11-16/h5-7,9-13,24H,2-4,8,14-15H2,1H3. The van der Waals surface area contributed by atoms with Crippen LogP contribution in [0.2, 0.25) is 5.02 Å². The first-order valence-corrected chi connectivity index (χ1v) is 10.4. The Morgan fingerprint density at radius 1 is 1.00 bits per heavy atom. The molecule has 0 radical (unpaired) electrons. The Labute approximate surface area is 158 Å². The van der Waals surface area contributed by atoms with E-state index in [9.17, 15) is 5.21 Å². The first-order chi connectivity index (χ1) is 12.2. The van der Waals surface area contributed by atoms with Crippen LogP contribution in [0.3, 0.4) is 0 Å². The van der Waals surface area contributed by atoms with Crippen LogP contribution >= 0.6 is 23.4 Å². The quantitative estimate of drug-likeness (QED) is 0.339. The van der Waals surface area contributed by atoms with Gasteiger partial charge in [0.05, 0.1) is 16.2 Å². The fraction of sp³-hybridized carbons (Fsp3) is 0.333. The molecule has 0 atom stereocenters. The summed E-state index contributed by atoms with van der Waals surface area (Å²) in [5.41, 5.74) is 3.76. The van der Waals surface area contributed by atoms with Crippen molar-refractivity contribution in [2.75, 3.05) is 5.75 Å². The van der Waals surface area contributed by atoms with Gasteiger partial charge in [0.15, 0.2) is 0 Å². The van der Waals surface area contributed by atoms with Gasteiger partial charge in [-0.15, -0.1) is 0 Å². The van der Waals surface area contributed by atoms with Gasteiger partial charge >= 0.3 is 0 Å². The molecular weight excluding hydrogens is 350 g/mol. The molecule has 0 unspecified atom stereocenters. The van der Waals surface area contributed by atoms with Crippen LogP contribution in [0.4, 0.5) is 0 Å². The Morgan fingerprint density at radius 2 is 1.80 bits per heavy atom. The van der Waals surface area contributed by atoms with E-state index in [0.717, 1.165) is 39.2 Å². The molecule has 0 spiro atoms. The first-order valence-electron chi connectivity index (χ1n) is 8.88. The van der Waals surface area contributed by atoms with E-state index in [1.54, 1.807) is 0 Å². The predicted octanol–water partition coefficient (Wildman–Crippen LogP) is 7.01. The monoisotopic (exact) mass is 373 g/mol. The lowest BCUT2D eigenvalue weighted by atomic mass is 10.1. The molecule has 0 saturated carbocycles. The normalized spacial score (nSPS) is 11.3. The molecule has 0 aliphatic rings. The van der Waals surface area contributed by atoms with Gasteiger partial charge in [0, 0.05) is 22.3 Å². The third kappa shape index (κ3) is 3.99. The lowest BCUT2D eigenvalue weighted by Gasteiger charge is -2.07. The molecule has 2 nitrogen and oxygen atoms in total. The zero-order chi connectivity index (χ0) is 17.6. The zero-order valence-corrected chi connectivity index (χ0v) is 16.1. The Kier molecular flexibility index (Phi) is 6.33. The van der Waals surface area contributed by atoms with Crippen LogP contribution in [-0.2, 0) is 5.75 Å². The minimum atomic E-state index is 0.698. The van der Waals surface area contributed by atoms with Crippen LogP contribution in [0.15, 0.2) is 48.5 Å². The van der Waals surface area contributed by atoms with E-state index in [4.69, 9.17) is 11.6 Å². The topological polar surface area (TPSA) is 25.2 Å². The number of halogens is 1. The molecular formula is C21H24ClNOS. The van der Waals surface area contributed by atoms with Gasteiger partial charge in [-0.3, -0.25) is 0 Å². The second-order valence-electron chi connectivity index (χ2n) is 6.25. The maximum absolute atomic E-state index is 10.8. The Bertz CT molecular complexity index is 829. The number of hydrogen-bond donors (Lipinski definition) is 1. The summed E-state index contributed by atoms with van der Waals surface area (Å²) in [6.45, 7) is 2.23. The summed E-state index contributed by atoms with van der Waals surface area (Å²) in [6.07, 6.45) is 5.09. The van der Waals surface area contributed by atoms with Gasteiger partial charge in [-0.2, -0.15) is 16.5 Å². The Balaban J connectivity index is 1.94. The van der Waals surface area contributed by atoms with Gasteiger partial charge in [0.25, 0.3) is 0 Å². The summed E-state index contributed by atoms with van der Waals surface area (Å²) in [4.78, 5) is 0. The highest BCUT2D eigenvalue weighted by Gasteiger charge is 2.20. The summed E-state index contributed by atoms with van der Waals surface area (Å²) in [6, 6.07) is 15.7. The summed E-state index contributed by atoms with van der Waals surface area (Å²) in [5, 5.41) is 12.4. The van der Waals surface area contributed by atoms with Crippen LogP contribution in [0.1, 0.15) is 38.2 Å². The fourth-order valence-corrected chi connectivity index (χ4v) is 4.51. The molecule has 3 aromatic rings. The number of rotatable bonds is 8. The molecule has 0 amide bonds. The lowest BCUT2D eigenvalue weighted by Crippen LogP contribution is -1.95. The average Bonchev–Trinajstić information content (AvgIpc) is 2.92. The summed E-state index contributed by atoms with van der Waals surface area (Å²) in [7, 11) is 0. The number of unbranched alkanes of at least 4 members (excludes halogenated alkanes) is 3. The van der Waals surface area contributed by atoms with Gasteiger partial charge in [-0.25, -0.2) is 0 Å². The molecule has 1 N–H and O–H groups in total. The molecule has 2 aromatic carbocycles. The summed E-state index contributed by atoms with van der Waals surface area (Å²) in [5.74, 6) is 1.99. The molecule has 4 heteroatoms. The van der Waals surface area contributed by atoms with E-state index >= 15 is 0 Å². The SMILES string of the molecule is CCCCCCSCc1c(-c2ccccc2)n(O)c2cccc(Cl)c12. The van der Waals surface area contributed by atoms with Crippen molar-refractivity contribution in [1.29, 1.82) is 0 Å². The van der Waals surface area contributed by atoms with E-state index in [0.29, 0.717) is 5.02 Å². The Morgan fingerprint density at radius 3 is 2.56 bits per heavy atom. The third-order valence-electron chi connectivity index (χ3n) is 4.46. The second-order valence-corrected chi connectivity index (χ2v) is 7.76. The maximum atomic E-state index is 10.8. The number of hydrogen-bond acceptors (Lipinski definition) is 2. The van der Waals surface area contributed by atoms with Crippen molar-refractivity contribution in [3.05, 3.63) is 59.1 Å². The molecule has 132 valence electrons. The first kappa shape index (κ1) is 18.2. The van der Waals surface area contributed by atoms with Crippen molar-refractivity contribution in [3.63, 3.8) is 0 Å². The van der Waals surface area contributed by atoms with Gasteiger partial charge in [0.1, 0.15) is 0 Å². The van der Waals surface area contributed by atoms with Crippen LogP contribution in [0, 0.1) is 0 Å². The van der Waals surface area contributed by atoms with Gasteiger partial charge in [0.2, 0.25) is 0 Å². The van der Waals surface area contributed by atoms with E-state index in [1.807, 2.05) is 60.3 Å². The second kappa shape index (κ2) is 8.68. The van der Waals surface area contributed by atoms with Crippen molar-refractivity contribution >= 4 is 34.3 Å². The average molecular weight is 374 g/mol. The van der Waals surface area contributed by atoms with Crippen LogP contribution in [0.5, 0.6) is 0 Å². The number of aromatic nitrogens is 1. The molecule has 3 rings (SSSR count). The van der Waals surface area contributed by atoms with Crippen molar-refractivity contribution < 1.29 is 5.21 Å². The van der Waals surface area contributed by atoms with E-state index in [-0.39, 0.29) is 0 Å². The molecule has 1 heterocycles. The van der Waals surface area contributed by atoms with Crippen molar-refractivity contribution in [2.45, 2.75) is 38.4 Å². The van der Waals surface area contributed by atoms with Crippen LogP contribution in [-0.4, -0.2) is 15.7 Å². The largest absolute Gasteiger partial charge is 0.428 e. The predicted molar refractivity (Wildman–Crippen MR) is 110 cm³/mol. The molecule has 0 fully saturated rings. The number of fused-ring (bicyclic) bond motifs is 1. The van der Waals surface area contributed by atoms with Crippen molar-refractivity contribution in [2.24, 2.45) is 0 Å². The lowest BCUT2D eigenvalue weighted by molar-refractivity contribution is 0.204. The fourth-order valence-electron chi connectivity index (χ4n) is 3.19. The Hall–Kier alpha value is -1.58. The molecule has 25 heavy (non-hydrogen) atoms. The van der Waals surface area contributed by atoms with Gasteiger partial charge in [-0.05, 0) is 24.3 Å². The number of nitrogens with zero attached hydrogens (tertiary/aromatic N) is 1. The van der Waals surface area contributed by atoms with Crippen LogP contribution < -0.4 is 0 Å². The van der Waals surface area contributed by atoms with E-state index in [2.05, 4.69) is 6.92 Å². The summed E-state index contributed by atoms with van der Waals surface area (Å²) < 4.78 is 1.30. The highest BCUT2D eigenvalue weighted by molar-refractivity contribution is 7.98. The molecule has 0 aliphatic heterocycles. The highest BCUT2D eigenvalue weighted by atomic mass is 35.5. The molecule has 0 aliphatic carbocycles. The zero-order valence-electron chi connectivity index (χ0n) is 14.5. The maximum Gasteiger partial charge on any atom is 0.0919 e. The molecule has 0 bridgehead atoms. The van der Waals surface area contributed by atoms with E-state index < -0.39 is 0 Å². The van der Waals surface area contributed by atoms with Crippen molar-refractivity contribution in [3.8, 4) is 11.3 Å². The minimum absolute atomic E-state index is 0.698.